The first kappa shape index (κ1) is 8.75. The van der Waals surface area contributed by atoms with Gasteiger partial charge in [0.05, 0.1) is 0 Å². The van der Waals surface area contributed by atoms with E-state index in [1.54, 1.807) is 7.05 Å². The van der Waals surface area contributed by atoms with Gasteiger partial charge in [-0.05, 0) is 20.0 Å². The summed E-state index contributed by atoms with van der Waals surface area (Å²) in [7, 11) is 1.64. The second-order valence-corrected chi connectivity index (χ2v) is 1.82. The van der Waals surface area contributed by atoms with E-state index in [1.807, 2.05) is 0 Å². The van der Waals surface area contributed by atoms with Crippen LogP contribution in [-0.4, -0.2) is 19.8 Å². The fraction of sp³-hybridized carbons (Fsp3) is 1.00. The number of alkyl halides is 3. The first-order valence-electron chi connectivity index (χ1n) is 2.77. The van der Waals surface area contributed by atoms with Crippen LogP contribution < -0.4 is 5.32 Å². The molecule has 0 aromatic rings. The Bertz CT molecular complexity index is 69.1. The summed E-state index contributed by atoms with van der Waals surface area (Å²) in [4.78, 5) is 0. The Morgan fingerprint density at radius 1 is 1.33 bits per heavy atom. The summed E-state index contributed by atoms with van der Waals surface area (Å²) < 4.78 is 34.1. The Labute approximate surface area is 52.2 Å². The van der Waals surface area contributed by atoms with Crippen molar-refractivity contribution in [2.45, 2.75) is 19.0 Å². The number of nitrogens with one attached hydrogen (secondary N) is 1. The van der Waals surface area contributed by atoms with Gasteiger partial charge < -0.3 is 5.32 Å². The van der Waals surface area contributed by atoms with Crippen LogP contribution in [0.4, 0.5) is 13.2 Å². The third-order valence-corrected chi connectivity index (χ3v) is 0.887. The molecule has 0 atom stereocenters. The zero-order valence-electron chi connectivity index (χ0n) is 5.26. The van der Waals surface area contributed by atoms with Crippen molar-refractivity contribution >= 4 is 0 Å². The summed E-state index contributed by atoms with van der Waals surface area (Å²) in [6, 6.07) is 0. The van der Waals surface area contributed by atoms with Crippen LogP contribution in [0, 0.1) is 0 Å². The standard InChI is InChI=1S/C5H10F3N/c1-9-4-2-3-5(6,7)8/h9H,2-4H2,1H3. The van der Waals surface area contributed by atoms with Gasteiger partial charge in [0.2, 0.25) is 0 Å². The molecular formula is C5H10F3N. The molecule has 0 unspecified atom stereocenters. The molecule has 1 nitrogen and oxygen atoms in total. The van der Waals surface area contributed by atoms with Gasteiger partial charge >= 0.3 is 6.18 Å². The fourth-order valence-electron chi connectivity index (χ4n) is 0.466. The first-order valence-corrected chi connectivity index (χ1v) is 2.77. The molecule has 0 fully saturated rings. The SMILES string of the molecule is CNCCCC(F)(F)F. The molecule has 0 saturated carbocycles. The molecule has 4 heteroatoms. The van der Waals surface area contributed by atoms with Crippen LogP contribution in [0.1, 0.15) is 12.8 Å². The summed E-state index contributed by atoms with van der Waals surface area (Å²) in [5, 5.41) is 2.64. The van der Waals surface area contributed by atoms with E-state index in [-0.39, 0.29) is 6.42 Å². The first-order chi connectivity index (χ1) is 4.06. The average molecular weight is 141 g/mol. The van der Waals surface area contributed by atoms with Gasteiger partial charge in [-0.2, -0.15) is 13.2 Å². The maximum absolute atomic E-state index is 11.4. The quantitative estimate of drug-likeness (QED) is 0.588. The molecule has 0 aromatic heterocycles. The Kier molecular flexibility index (Phi) is 3.61. The van der Waals surface area contributed by atoms with Crippen molar-refractivity contribution in [2.24, 2.45) is 0 Å². The Hall–Kier alpha value is -0.250. The molecule has 1 N–H and O–H groups in total. The van der Waals surface area contributed by atoms with Crippen molar-refractivity contribution in [3.8, 4) is 0 Å². The third kappa shape index (κ3) is 7.75. The van der Waals surface area contributed by atoms with Crippen LogP contribution in [0.5, 0.6) is 0 Å². The Balaban J connectivity index is 3.07. The molecule has 0 radical (unpaired) electrons. The topological polar surface area (TPSA) is 12.0 Å². The minimum Gasteiger partial charge on any atom is -0.320 e. The van der Waals surface area contributed by atoms with Crippen LogP contribution in [0.15, 0.2) is 0 Å². The summed E-state index contributed by atoms with van der Waals surface area (Å²) in [5.74, 6) is 0. The van der Waals surface area contributed by atoms with Gasteiger partial charge in [-0.15, -0.1) is 0 Å². The highest BCUT2D eigenvalue weighted by molar-refractivity contribution is 4.51. The van der Waals surface area contributed by atoms with Crippen LogP contribution in [0.2, 0.25) is 0 Å². The lowest BCUT2D eigenvalue weighted by Gasteiger charge is -2.03. The largest absolute Gasteiger partial charge is 0.389 e. The molecule has 0 amide bonds. The maximum atomic E-state index is 11.4. The molecule has 0 heterocycles. The third-order valence-electron chi connectivity index (χ3n) is 0.887. The van der Waals surface area contributed by atoms with E-state index in [0.29, 0.717) is 6.54 Å². The minimum absolute atomic E-state index is 0.167. The molecule has 9 heavy (non-hydrogen) atoms. The Morgan fingerprint density at radius 2 is 1.89 bits per heavy atom. The molecule has 0 aliphatic carbocycles. The van der Waals surface area contributed by atoms with Gasteiger partial charge in [0.15, 0.2) is 0 Å². The summed E-state index contributed by atoms with van der Waals surface area (Å²) >= 11 is 0. The van der Waals surface area contributed by atoms with E-state index >= 15 is 0 Å². The highest BCUT2D eigenvalue weighted by Crippen LogP contribution is 2.20. The number of hydrogen-bond donors (Lipinski definition) is 1. The van der Waals surface area contributed by atoms with E-state index in [4.69, 9.17) is 0 Å². The summed E-state index contributed by atoms with van der Waals surface area (Å²) in [6.07, 6.45) is -4.51. The second kappa shape index (κ2) is 3.71. The number of halogens is 3. The zero-order valence-corrected chi connectivity index (χ0v) is 5.26. The van der Waals surface area contributed by atoms with Gasteiger partial charge in [0.25, 0.3) is 0 Å². The number of hydrogen-bond acceptors (Lipinski definition) is 1. The fourth-order valence-corrected chi connectivity index (χ4v) is 0.466. The predicted octanol–water partition coefficient (Wildman–Crippen LogP) is 1.55. The predicted molar refractivity (Wildman–Crippen MR) is 29.2 cm³/mol. The highest BCUT2D eigenvalue weighted by atomic mass is 19.4. The van der Waals surface area contributed by atoms with Crippen LogP contribution in [-0.2, 0) is 0 Å². The second-order valence-electron chi connectivity index (χ2n) is 1.82. The molecule has 0 aliphatic rings. The van der Waals surface area contributed by atoms with Crippen molar-refractivity contribution < 1.29 is 13.2 Å². The molecule has 0 saturated heterocycles. The van der Waals surface area contributed by atoms with Crippen LogP contribution >= 0.6 is 0 Å². The lowest BCUT2D eigenvalue weighted by atomic mass is 10.3. The van der Waals surface area contributed by atoms with Crippen LogP contribution in [0.25, 0.3) is 0 Å². The molecular weight excluding hydrogens is 131 g/mol. The normalized spacial score (nSPS) is 12.0. The molecule has 0 rings (SSSR count). The van der Waals surface area contributed by atoms with Crippen molar-refractivity contribution in [3.63, 3.8) is 0 Å². The Morgan fingerprint density at radius 3 is 2.22 bits per heavy atom. The van der Waals surface area contributed by atoms with Crippen molar-refractivity contribution in [1.82, 2.24) is 5.32 Å². The monoisotopic (exact) mass is 141 g/mol. The van der Waals surface area contributed by atoms with Gasteiger partial charge in [-0.1, -0.05) is 0 Å². The van der Waals surface area contributed by atoms with E-state index < -0.39 is 12.6 Å². The summed E-state index contributed by atoms with van der Waals surface area (Å²) in [5.41, 5.74) is 0. The van der Waals surface area contributed by atoms with E-state index in [1.165, 1.54) is 0 Å². The smallest absolute Gasteiger partial charge is 0.320 e. The van der Waals surface area contributed by atoms with E-state index in [0.717, 1.165) is 0 Å². The molecule has 0 aliphatic heterocycles. The van der Waals surface area contributed by atoms with Crippen LogP contribution in [0.3, 0.4) is 0 Å². The summed E-state index contributed by atoms with van der Waals surface area (Å²) in [6.45, 7) is 0.430. The van der Waals surface area contributed by atoms with Gasteiger partial charge in [0, 0.05) is 6.42 Å². The molecule has 56 valence electrons. The lowest BCUT2D eigenvalue weighted by molar-refractivity contribution is -0.135. The minimum atomic E-state index is -3.99. The molecule has 0 aromatic carbocycles. The maximum Gasteiger partial charge on any atom is 0.389 e. The number of rotatable bonds is 3. The van der Waals surface area contributed by atoms with Crippen molar-refractivity contribution in [2.75, 3.05) is 13.6 Å². The van der Waals surface area contributed by atoms with Gasteiger partial charge in [-0.25, -0.2) is 0 Å². The molecule has 0 spiro atoms. The van der Waals surface area contributed by atoms with Gasteiger partial charge in [-0.3, -0.25) is 0 Å². The zero-order chi connectivity index (χ0) is 7.33. The molecule has 0 bridgehead atoms. The average Bonchev–Trinajstić information content (AvgIpc) is 1.63. The van der Waals surface area contributed by atoms with Crippen molar-refractivity contribution in [1.29, 1.82) is 0 Å². The van der Waals surface area contributed by atoms with E-state index in [2.05, 4.69) is 5.32 Å². The highest BCUT2D eigenvalue weighted by Gasteiger charge is 2.25. The lowest BCUT2D eigenvalue weighted by Crippen LogP contribution is -2.13. The van der Waals surface area contributed by atoms with E-state index in [9.17, 15) is 13.2 Å². The van der Waals surface area contributed by atoms with Gasteiger partial charge in [0.1, 0.15) is 0 Å². The van der Waals surface area contributed by atoms with Crippen molar-refractivity contribution in [3.05, 3.63) is 0 Å².